The lowest BCUT2D eigenvalue weighted by Gasteiger charge is -2.39. The molecule has 0 radical (unpaired) electrons. The van der Waals surface area contributed by atoms with Gasteiger partial charge in [-0.05, 0) is 86.4 Å². The molecule has 1 saturated carbocycles. The third-order valence-corrected chi connectivity index (χ3v) is 7.06. The molecule has 190 valence electrons. The van der Waals surface area contributed by atoms with Crippen LogP contribution in [0.3, 0.4) is 0 Å². The summed E-state index contributed by atoms with van der Waals surface area (Å²) in [6, 6.07) is 11.8. The zero-order valence-electron chi connectivity index (χ0n) is 20.9. The number of aromatic nitrogens is 2. The SMILES string of the molecule is CC(C)[C@H]1CC[C@@H](C)CC1n1c(Nc2ccc(OC(F)(F)F)cc2)nc2cc(C(C)(C)O)ccc21. The number of aliphatic hydroxyl groups is 1. The highest BCUT2D eigenvalue weighted by Crippen LogP contribution is 2.44. The van der Waals surface area contributed by atoms with Crippen molar-refractivity contribution in [1.29, 1.82) is 0 Å². The van der Waals surface area contributed by atoms with Crippen LogP contribution in [0, 0.1) is 17.8 Å². The normalized spacial score (nSPS) is 21.5. The van der Waals surface area contributed by atoms with Gasteiger partial charge in [-0.1, -0.05) is 33.3 Å². The first-order valence-corrected chi connectivity index (χ1v) is 12.2. The highest BCUT2D eigenvalue weighted by atomic mass is 19.4. The fourth-order valence-corrected chi connectivity index (χ4v) is 5.22. The van der Waals surface area contributed by atoms with E-state index in [2.05, 4.69) is 35.4 Å². The molecular weight excluding hydrogens is 455 g/mol. The second kappa shape index (κ2) is 9.37. The van der Waals surface area contributed by atoms with E-state index in [1.54, 1.807) is 26.0 Å². The minimum atomic E-state index is -4.73. The fourth-order valence-electron chi connectivity index (χ4n) is 5.22. The van der Waals surface area contributed by atoms with E-state index in [1.807, 2.05) is 18.2 Å². The average molecular weight is 490 g/mol. The number of nitrogens with one attached hydrogen (secondary N) is 1. The maximum Gasteiger partial charge on any atom is 0.573 e. The molecule has 8 heteroatoms. The standard InChI is InChI=1S/C27H34F3N3O2/c1-16(2)21-12-6-17(3)14-24(21)33-23-13-7-18(26(4,5)34)15-22(23)32-25(33)31-19-8-10-20(11-9-19)35-27(28,29)30/h7-11,13,15-17,21,24,34H,6,12,14H2,1-5H3,(H,31,32)/t17-,21-,24?/m1/s1. The van der Waals surface area contributed by atoms with E-state index in [9.17, 15) is 18.3 Å². The molecule has 1 unspecified atom stereocenters. The van der Waals surface area contributed by atoms with Crippen LogP contribution >= 0.6 is 0 Å². The molecule has 3 aromatic rings. The Morgan fingerprint density at radius 2 is 1.77 bits per heavy atom. The first-order chi connectivity index (χ1) is 16.3. The highest BCUT2D eigenvalue weighted by Gasteiger charge is 2.35. The van der Waals surface area contributed by atoms with Crippen LogP contribution in [-0.4, -0.2) is 21.0 Å². The van der Waals surface area contributed by atoms with Crippen molar-refractivity contribution >= 4 is 22.7 Å². The smallest absolute Gasteiger partial charge is 0.406 e. The van der Waals surface area contributed by atoms with E-state index in [0.717, 1.165) is 29.4 Å². The monoisotopic (exact) mass is 489 g/mol. The van der Waals surface area contributed by atoms with Gasteiger partial charge >= 0.3 is 6.36 Å². The topological polar surface area (TPSA) is 59.3 Å². The summed E-state index contributed by atoms with van der Waals surface area (Å²) in [6.07, 6.45) is -1.38. The van der Waals surface area contributed by atoms with Crippen LogP contribution in [0.25, 0.3) is 11.0 Å². The van der Waals surface area contributed by atoms with E-state index in [-0.39, 0.29) is 11.8 Å². The van der Waals surface area contributed by atoms with Crippen molar-refractivity contribution < 1.29 is 23.0 Å². The number of alkyl halides is 3. The zero-order chi connectivity index (χ0) is 25.5. The van der Waals surface area contributed by atoms with Crippen molar-refractivity contribution in [3.63, 3.8) is 0 Å². The van der Waals surface area contributed by atoms with Gasteiger partial charge in [0, 0.05) is 11.7 Å². The van der Waals surface area contributed by atoms with Crippen LogP contribution in [0.5, 0.6) is 5.75 Å². The van der Waals surface area contributed by atoms with Crippen LogP contribution in [0.2, 0.25) is 0 Å². The molecule has 1 aliphatic carbocycles. The average Bonchev–Trinajstić information content (AvgIpc) is 3.10. The van der Waals surface area contributed by atoms with Crippen LogP contribution in [0.15, 0.2) is 42.5 Å². The number of nitrogens with zero attached hydrogens (tertiary/aromatic N) is 2. The third kappa shape index (κ3) is 5.74. The number of hydrogen-bond donors (Lipinski definition) is 2. The molecule has 5 nitrogen and oxygen atoms in total. The van der Waals surface area contributed by atoms with Gasteiger partial charge in [0.15, 0.2) is 0 Å². The molecule has 0 saturated heterocycles. The third-order valence-electron chi connectivity index (χ3n) is 7.06. The molecule has 0 spiro atoms. The summed E-state index contributed by atoms with van der Waals surface area (Å²) in [6.45, 7) is 10.3. The number of benzene rings is 2. The Labute approximate surface area is 204 Å². The first kappa shape index (κ1) is 25.4. The predicted molar refractivity (Wildman–Crippen MR) is 132 cm³/mol. The Bertz CT molecular complexity index is 1160. The van der Waals surface area contributed by atoms with Crippen molar-refractivity contribution in [3.05, 3.63) is 48.0 Å². The van der Waals surface area contributed by atoms with Crippen molar-refractivity contribution in [3.8, 4) is 5.75 Å². The van der Waals surface area contributed by atoms with Gasteiger partial charge in [0.1, 0.15) is 5.75 Å². The van der Waals surface area contributed by atoms with Gasteiger partial charge in [-0.2, -0.15) is 0 Å². The summed E-state index contributed by atoms with van der Waals surface area (Å²) in [7, 11) is 0. The van der Waals surface area contributed by atoms with Gasteiger partial charge < -0.3 is 19.7 Å². The molecule has 1 fully saturated rings. The van der Waals surface area contributed by atoms with E-state index < -0.39 is 12.0 Å². The molecular formula is C27H34F3N3O2. The van der Waals surface area contributed by atoms with E-state index >= 15 is 0 Å². The summed E-state index contributed by atoms with van der Waals surface area (Å²) < 4.78 is 43.9. The van der Waals surface area contributed by atoms with Crippen LogP contribution < -0.4 is 10.1 Å². The molecule has 0 aliphatic heterocycles. The second-order valence-electron chi connectivity index (χ2n) is 10.7. The van der Waals surface area contributed by atoms with Crippen LogP contribution in [0.1, 0.15) is 65.5 Å². The Balaban J connectivity index is 1.77. The van der Waals surface area contributed by atoms with Gasteiger partial charge in [0.05, 0.1) is 16.6 Å². The quantitative estimate of drug-likeness (QED) is 0.376. The largest absolute Gasteiger partial charge is 0.573 e. The number of anilines is 2. The van der Waals surface area contributed by atoms with Gasteiger partial charge in [0.25, 0.3) is 0 Å². The number of halogens is 3. The number of rotatable bonds is 6. The fraction of sp³-hybridized carbons (Fsp3) is 0.519. The van der Waals surface area contributed by atoms with E-state index in [1.165, 1.54) is 18.6 Å². The van der Waals surface area contributed by atoms with Gasteiger partial charge in [-0.3, -0.25) is 0 Å². The molecule has 35 heavy (non-hydrogen) atoms. The lowest BCUT2D eigenvalue weighted by atomic mass is 9.74. The Hall–Kier alpha value is -2.74. The molecule has 0 bridgehead atoms. The lowest BCUT2D eigenvalue weighted by Crippen LogP contribution is -2.30. The van der Waals surface area contributed by atoms with Crippen LogP contribution in [0.4, 0.5) is 24.8 Å². The molecule has 1 aliphatic rings. The predicted octanol–water partition coefficient (Wildman–Crippen LogP) is 7.54. The zero-order valence-corrected chi connectivity index (χ0v) is 20.9. The maximum absolute atomic E-state index is 12.5. The summed E-state index contributed by atoms with van der Waals surface area (Å²) in [5.74, 6) is 1.91. The van der Waals surface area contributed by atoms with Crippen LogP contribution in [-0.2, 0) is 5.60 Å². The van der Waals surface area contributed by atoms with E-state index in [4.69, 9.17) is 4.98 Å². The van der Waals surface area contributed by atoms with Crippen molar-refractivity contribution in [1.82, 2.24) is 9.55 Å². The summed E-state index contributed by atoms with van der Waals surface area (Å²) in [5, 5.41) is 13.9. The molecule has 3 atom stereocenters. The summed E-state index contributed by atoms with van der Waals surface area (Å²) >= 11 is 0. The van der Waals surface area contributed by atoms with E-state index in [0.29, 0.717) is 29.4 Å². The minimum Gasteiger partial charge on any atom is -0.406 e. The summed E-state index contributed by atoms with van der Waals surface area (Å²) in [5.41, 5.74) is 2.13. The van der Waals surface area contributed by atoms with Gasteiger partial charge in [-0.25, -0.2) is 4.98 Å². The van der Waals surface area contributed by atoms with Crippen molar-refractivity contribution in [2.45, 2.75) is 71.9 Å². The van der Waals surface area contributed by atoms with Crippen molar-refractivity contribution in [2.75, 3.05) is 5.32 Å². The Morgan fingerprint density at radius 1 is 1.09 bits per heavy atom. The Kier molecular flexibility index (Phi) is 6.79. The van der Waals surface area contributed by atoms with Gasteiger partial charge in [-0.15, -0.1) is 13.2 Å². The maximum atomic E-state index is 12.5. The highest BCUT2D eigenvalue weighted by molar-refractivity contribution is 5.81. The molecule has 1 heterocycles. The number of hydrogen-bond acceptors (Lipinski definition) is 4. The number of imidazole rings is 1. The molecule has 2 aromatic carbocycles. The number of fused-ring (bicyclic) bond motifs is 1. The lowest BCUT2D eigenvalue weighted by molar-refractivity contribution is -0.274. The molecule has 0 amide bonds. The first-order valence-electron chi connectivity index (χ1n) is 12.2. The number of ether oxygens (including phenoxy) is 1. The molecule has 4 rings (SSSR count). The Morgan fingerprint density at radius 3 is 2.37 bits per heavy atom. The minimum absolute atomic E-state index is 0.229. The molecule has 2 N–H and O–H groups in total. The second-order valence-corrected chi connectivity index (χ2v) is 10.7. The molecule has 1 aromatic heterocycles. The summed E-state index contributed by atoms with van der Waals surface area (Å²) in [4.78, 5) is 4.89. The van der Waals surface area contributed by atoms with Gasteiger partial charge in [0.2, 0.25) is 5.95 Å². The van der Waals surface area contributed by atoms with Crippen molar-refractivity contribution in [2.24, 2.45) is 17.8 Å².